The molecule has 1 fully saturated rings. The molecule has 0 radical (unpaired) electrons. The van der Waals surface area contributed by atoms with E-state index in [9.17, 15) is 13.2 Å². The van der Waals surface area contributed by atoms with Gasteiger partial charge in [-0.3, -0.25) is 4.79 Å². The number of nitrogens with zero attached hydrogens (tertiary/aromatic N) is 2. The molecule has 1 saturated heterocycles. The summed E-state index contributed by atoms with van der Waals surface area (Å²) >= 11 is 5.68. The molecule has 0 aromatic heterocycles. The smallest absolute Gasteiger partial charge is 0.244 e. The third kappa shape index (κ3) is 3.29. The summed E-state index contributed by atoms with van der Waals surface area (Å²) in [5, 5.41) is 0. The van der Waals surface area contributed by atoms with Crippen molar-refractivity contribution in [3.63, 3.8) is 0 Å². The van der Waals surface area contributed by atoms with Crippen LogP contribution in [0.15, 0.2) is 35.2 Å². The van der Waals surface area contributed by atoms with E-state index in [1.54, 1.807) is 35.2 Å². The van der Waals surface area contributed by atoms with Crippen LogP contribution in [0.1, 0.15) is 20.3 Å². The second-order valence-electron chi connectivity index (χ2n) is 5.66. The third-order valence-electron chi connectivity index (χ3n) is 3.77. The molecule has 122 valence electrons. The number of carbonyl (C=O) groups excluding carboxylic acids is 1. The molecule has 1 aromatic carbocycles. The zero-order valence-electron chi connectivity index (χ0n) is 12.8. The Kier molecular flexibility index (Phi) is 5.47. The molecule has 1 heterocycles. The molecule has 7 heteroatoms. The molecule has 0 bridgehead atoms. The SMILES string of the molecule is CC(C)[C@H]1N(C(=O)CCl)CCCN1S(=O)(=O)c1ccccc1. The highest BCUT2D eigenvalue weighted by atomic mass is 35.5. The fourth-order valence-corrected chi connectivity index (χ4v) is 4.78. The van der Waals surface area contributed by atoms with Crippen molar-refractivity contribution in [1.82, 2.24) is 9.21 Å². The van der Waals surface area contributed by atoms with Gasteiger partial charge < -0.3 is 4.90 Å². The van der Waals surface area contributed by atoms with Crippen LogP contribution >= 0.6 is 11.6 Å². The minimum absolute atomic E-state index is 0.0223. The van der Waals surface area contributed by atoms with Gasteiger partial charge in [0.2, 0.25) is 15.9 Å². The number of benzene rings is 1. The van der Waals surface area contributed by atoms with Gasteiger partial charge in [0.15, 0.2) is 0 Å². The number of hydrogen-bond donors (Lipinski definition) is 0. The van der Waals surface area contributed by atoms with Crippen LogP contribution in [0.25, 0.3) is 0 Å². The molecule has 0 unspecified atom stereocenters. The summed E-state index contributed by atoms with van der Waals surface area (Å²) in [6.07, 6.45) is 0.114. The van der Waals surface area contributed by atoms with Gasteiger partial charge in [-0.25, -0.2) is 8.42 Å². The standard InChI is InChI=1S/C15H21ClN2O3S/c1-12(2)15-17(14(19)11-16)9-6-10-18(15)22(20,21)13-7-4-3-5-8-13/h3-5,7-8,12,15H,6,9-11H2,1-2H3/t15-/m0/s1. The Morgan fingerprint density at radius 3 is 2.45 bits per heavy atom. The van der Waals surface area contributed by atoms with Crippen molar-refractivity contribution in [3.05, 3.63) is 30.3 Å². The van der Waals surface area contributed by atoms with Crippen molar-refractivity contribution < 1.29 is 13.2 Å². The Labute approximate surface area is 136 Å². The van der Waals surface area contributed by atoms with Gasteiger partial charge in [-0.1, -0.05) is 32.0 Å². The van der Waals surface area contributed by atoms with E-state index in [0.29, 0.717) is 19.5 Å². The van der Waals surface area contributed by atoms with Gasteiger partial charge in [-0.2, -0.15) is 4.31 Å². The minimum Gasteiger partial charge on any atom is -0.325 e. The van der Waals surface area contributed by atoms with E-state index in [1.165, 1.54) is 4.31 Å². The van der Waals surface area contributed by atoms with Crippen LogP contribution in [0.3, 0.4) is 0 Å². The number of carbonyl (C=O) groups is 1. The van der Waals surface area contributed by atoms with Crippen LogP contribution < -0.4 is 0 Å². The van der Waals surface area contributed by atoms with E-state index >= 15 is 0 Å². The van der Waals surface area contributed by atoms with Gasteiger partial charge in [0, 0.05) is 13.1 Å². The van der Waals surface area contributed by atoms with E-state index in [-0.39, 0.29) is 22.6 Å². The first kappa shape index (κ1) is 17.2. The lowest BCUT2D eigenvalue weighted by atomic mass is 10.1. The molecule has 0 spiro atoms. The second-order valence-corrected chi connectivity index (χ2v) is 7.82. The third-order valence-corrected chi connectivity index (χ3v) is 5.89. The average Bonchev–Trinajstić information content (AvgIpc) is 2.54. The number of alkyl halides is 1. The van der Waals surface area contributed by atoms with Crippen LogP contribution in [-0.4, -0.2) is 48.7 Å². The molecule has 1 atom stereocenters. The lowest BCUT2D eigenvalue weighted by Crippen LogP contribution is -2.60. The number of halogens is 1. The Morgan fingerprint density at radius 2 is 1.91 bits per heavy atom. The van der Waals surface area contributed by atoms with E-state index in [2.05, 4.69) is 0 Å². The fourth-order valence-electron chi connectivity index (χ4n) is 2.85. The van der Waals surface area contributed by atoms with Gasteiger partial charge >= 0.3 is 0 Å². The quantitative estimate of drug-likeness (QED) is 0.786. The van der Waals surface area contributed by atoms with Crippen molar-refractivity contribution in [1.29, 1.82) is 0 Å². The fraction of sp³-hybridized carbons (Fsp3) is 0.533. The van der Waals surface area contributed by atoms with Crippen LogP contribution in [0.5, 0.6) is 0 Å². The topological polar surface area (TPSA) is 57.7 Å². The highest BCUT2D eigenvalue weighted by molar-refractivity contribution is 7.89. The van der Waals surface area contributed by atoms with Crippen molar-refractivity contribution in [2.75, 3.05) is 19.0 Å². The first-order chi connectivity index (χ1) is 10.4. The summed E-state index contributed by atoms with van der Waals surface area (Å²) < 4.78 is 27.3. The summed E-state index contributed by atoms with van der Waals surface area (Å²) in [6.45, 7) is 4.78. The van der Waals surface area contributed by atoms with E-state index in [0.717, 1.165) is 0 Å². The van der Waals surface area contributed by atoms with Gasteiger partial charge in [0.05, 0.1) is 4.90 Å². The molecule has 5 nitrogen and oxygen atoms in total. The second kappa shape index (κ2) is 6.98. The van der Waals surface area contributed by atoms with Gasteiger partial charge in [0.25, 0.3) is 0 Å². The van der Waals surface area contributed by atoms with Gasteiger partial charge in [-0.15, -0.1) is 11.6 Å². The van der Waals surface area contributed by atoms with Crippen molar-refractivity contribution >= 4 is 27.5 Å². The van der Waals surface area contributed by atoms with Gasteiger partial charge in [0.1, 0.15) is 12.0 Å². The molecule has 22 heavy (non-hydrogen) atoms. The zero-order valence-corrected chi connectivity index (χ0v) is 14.3. The molecule has 0 aliphatic carbocycles. The Bertz CT molecular complexity index is 619. The number of sulfonamides is 1. The molecule has 1 aromatic rings. The van der Waals surface area contributed by atoms with Crippen molar-refractivity contribution in [2.24, 2.45) is 5.92 Å². The maximum atomic E-state index is 12.9. The summed E-state index contributed by atoms with van der Waals surface area (Å²) in [6, 6.07) is 8.33. The molecule has 2 rings (SSSR count). The average molecular weight is 345 g/mol. The lowest BCUT2D eigenvalue weighted by molar-refractivity contribution is -0.137. The first-order valence-electron chi connectivity index (χ1n) is 7.32. The monoisotopic (exact) mass is 344 g/mol. The predicted molar refractivity (Wildman–Crippen MR) is 86.0 cm³/mol. The number of amides is 1. The predicted octanol–water partition coefficient (Wildman–Crippen LogP) is 2.13. The van der Waals surface area contributed by atoms with E-state index < -0.39 is 16.2 Å². The maximum Gasteiger partial charge on any atom is 0.244 e. The van der Waals surface area contributed by atoms with Crippen LogP contribution in [-0.2, 0) is 14.8 Å². The first-order valence-corrected chi connectivity index (χ1v) is 9.29. The highest BCUT2D eigenvalue weighted by Crippen LogP contribution is 2.28. The molecule has 0 N–H and O–H groups in total. The van der Waals surface area contributed by atoms with Crippen molar-refractivity contribution in [3.8, 4) is 0 Å². The zero-order chi connectivity index (χ0) is 16.3. The normalized spacial score (nSPS) is 20.4. The van der Waals surface area contributed by atoms with Crippen LogP contribution in [0.4, 0.5) is 0 Å². The summed E-state index contributed by atoms with van der Waals surface area (Å²) in [5.41, 5.74) is 0. The van der Waals surface area contributed by atoms with Crippen molar-refractivity contribution in [2.45, 2.75) is 31.3 Å². The maximum absolute atomic E-state index is 12.9. The molecule has 1 amide bonds. The van der Waals surface area contributed by atoms with E-state index in [4.69, 9.17) is 11.6 Å². The van der Waals surface area contributed by atoms with Gasteiger partial charge in [-0.05, 0) is 24.5 Å². The molecule has 0 saturated carbocycles. The molecule has 1 aliphatic heterocycles. The highest BCUT2D eigenvalue weighted by Gasteiger charge is 2.40. The molecule has 1 aliphatic rings. The summed E-state index contributed by atoms with van der Waals surface area (Å²) in [4.78, 5) is 13.9. The summed E-state index contributed by atoms with van der Waals surface area (Å²) in [5.74, 6) is -0.387. The number of rotatable bonds is 4. The molecular weight excluding hydrogens is 324 g/mol. The minimum atomic E-state index is -3.63. The number of hydrogen-bond acceptors (Lipinski definition) is 3. The molecular formula is C15H21ClN2O3S. The van der Waals surface area contributed by atoms with E-state index in [1.807, 2.05) is 13.8 Å². The Morgan fingerprint density at radius 1 is 1.27 bits per heavy atom. The largest absolute Gasteiger partial charge is 0.325 e. The van der Waals surface area contributed by atoms with Crippen LogP contribution in [0, 0.1) is 5.92 Å². The lowest BCUT2D eigenvalue weighted by Gasteiger charge is -2.44. The summed E-state index contributed by atoms with van der Waals surface area (Å²) in [7, 11) is -3.63. The Hall–Kier alpha value is -1.11. The Balaban J connectivity index is 2.41. The van der Waals surface area contributed by atoms with Crippen LogP contribution in [0.2, 0.25) is 0 Å².